The number of nitrogen functional groups attached to an aromatic ring is 2. The van der Waals surface area contributed by atoms with Crippen LogP contribution in [0, 0.1) is 11.8 Å². The molecule has 212 valence electrons. The van der Waals surface area contributed by atoms with Gasteiger partial charge in [0.2, 0.25) is 11.4 Å². The summed E-state index contributed by atoms with van der Waals surface area (Å²) < 4.78 is 12.8. The molecule has 0 atom stereocenters. The summed E-state index contributed by atoms with van der Waals surface area (Å²) in [5.41, 5.74) is 14.0. The number of ether oxygens (including phenoxy) is 2. The number of hydrogen-bond acceptors (Lipinski definition) is 8. The summed E-state index contributed by atoms with van der Waals surface area (Å²) in [6.45, 7) is 0. The van der Waals surface area contributed by atoms with Crippen LogP contribution in [0.5, 0.6) is 11.5 Å². The molecule has 0 aliphatic heterocycles. The number of halogens is 1. The van der Waals surface area contributed by atoms with E-state index in [4.69, 9.17) is 20.9 Å². The lowest BCUT2D eigenvalue weighted by atomic mass is 9.96. The van der Waals surface area contributed by atoms with Gasteiger partial charge in [-0.1, -0.05) is 30.7 Å². The van der Waals surface area contributed by atoms with Crippen LogP contribution in [0.3, 0.4) is 0 Å². The van der Waals surface area contributed by atoms with Gasteiger partial charge in [-0.05, 0) is 42.7 Å². The lowest BCUT2D eigenvalue weighted by Crippen LogP contribution is -2.22. The van der Waals surface area contributed by atoms with E-state index in [0.717, 1.165) is 25.7 Å². The summed E-state index contributed by atoms with van der Waals surface area (Å²) in [7, 11) is 3.11. The molecule has 5 N–H and O–H groups in total. The monoisotopic (exact) mass is 575 g/mol. The smallest absolute Gasteiger partial charge is 0.341 e. The van der Waals surface area contributed by atoms with Gasteiger partial charge in [0.25, 0.3) is 0 Å². The van der Waals surface area contributed by atoms with Crippen LogP contribution in [0.15, 0.2) is 47.5 Å². The molecule has 1 aliphatic rings. The number of rotatable bonds is 6. The van der Waals surface area contributed by atoms with Crippen molar-refractivity contribution in [1.82, 2.24) is 14.5 Å². The number of pyridine rings is 1. The fourth-order valence-electron chi connectivity index (χ4n) is 5.30. The highest BCUT2D eigenvalue weighted by Gasteiger charge is 2.24. The summed E-state index contributed by atoms with van der Waals surface area (Å²) in [6.07, 6.45) is 7.01. The molecule has 11 heteroatoms. The summed E-state index contributed by atoms with van der Waals surface area (Å²) in [5, 5.41) is 10.2. The summed E-state index contributed by atoms with van der Waals surface area (Å²) in [5.74, 6) is 6.39. The molecule has 41 heavy (non-hydrogen) atoms. The Morgan fingerprint density at radius 3 is 2.54 bits per heavy atom. The zero-order valence-electron chi connectivity index (χ0n) is 22.6. The first kappa shape index (κ1) is 29.2. The maximum atomic E-state index is 13.6. The van der Waals surface area contributed by atoms with Gasteiger partial charge in [-0.2, -0.15) is 4.98 Å². The van der Waals surface area contributed by atoms with Gasteiger partial charge >= 0.3 is 5.97 Å². The normalized spacial score (nSPS) is 12.8. The fourth-order valence-corrected chi connectivity index (χ4v) is 5.30. The van der Waals surface area contributed by atoms with Crippen molar-refractivity contribution in [3.8, 4) is 23.3 Å². The van der Waals surface area contributed by atoms with E-state index >= 15 is 0 Å². The third-order valence-corrected chi connectivity index (χ3v) is 7.21. The van der Waals surface area contributed by atoms with Crippen molar-refractivity contribution in [2.75, 3.05) is 25.7 Å². The molecule has 10 nitrogen and oxygen atoms in total. The second-order valence-corrected chi connectivity index (χ2v) is 9.66. The standard InChI is InChI=1S/C30H29N5O5.ClH/c1-39-24-9-5-6-18(27(24)40-2)11-10-17-12-19(14-20-15-33-30(32)34-28(20)31)25-23(13-17)35(21-7-3-4-8-21)16-22(26(25)36)29(37)38;/h5-6,9,12-13,15-16,21H,3-4,7-8,14H2,1-2H3,(H,37,38)(H4,31,32,33,34);1H. The first-order valence-corrected chi connectivity index (χ1v) is 12.9. The molecule has 0 amide bonds. The molecule has 1 aliphatic carbocycles. The van der Waals surface area contributed by atoms with Crippen molar-refractivity contribution in [3.63, 3.8) is 0 Å². The molecule has 4 aromatic rings. The quantitative estimate of drug-likeness (QED) is 0.287. The summed E-state index contributed by atoms with van der Waals surface area (Å²) >= 11 is 0. The summed E-state index contributed by atoms with van der Waals surface area (Å²) in [6, 6.07) is 9.14. The molecule has 0 spiro atoms. The third-order valence-electron chi connectivity index (χ3n) is 7.21. The Morgan fingerprint density at radius 2 is 1.88 bits per heavy atom. The molecule has 2 aromatic carbocycles. The second kappa shape index (κ2) is 12.2. The van der Waals surface area contributed by atoms with Crippen LogP contribution in [0.2, 0.25) is 0 Å². The molecular weight excluding hydrogens is 546 g/mol. The lowest BCUT2D eigenvalue weighted by molar-refractivity contribution is 0.0694. The number of fused-ring (bicyclic) bond motifs is 1. The van der Waals surface area contributed by atoms with Crippen molar-refractivity contribution < 1.29 is 19.4 Å². The first-order chi connectivity index (χ1) is 19.3. The van der Waals surface area contributed by atoms with Crippen molar-refractivity contribution in [1.29, 1.82) is 0 Å². The van der Waals surface area contributed by atoms with Gasteiger partial charge in [0.1, 0.15) is 11.4 Å². The Kier molecular flexibility index (Phi) is 8.69. The molecule has 5 rings (SSSR count). The maximum Gasteiger partial charge on any atom is 0.341 e. The molecular formula is C30H30ClN5O5. The van der Waals surface area contributed by atoms with E-state index in [1.807, 2.05) is 22.8 Å². The number of carbonyl (C=O) groups is 1. The number of nitrogens with zero attached hydrogens (tertiary/aromatic N) is 3. The van der Waals surface area contributed by atoms with Crippen LogP contribution in [-0.2, 0) is 6.42 Å². The minimum atomic E-state index is -1.27. The van der Waals surface area contributed by atoms with Crippen molar-refractivity contribution >= 4 is 41.0 Å². The van der Waals surface area contributed by atoms with Gasteiger partial charge in [-0.25, -0.2) is 9.78 Å². The van der Waals surface area contributed by atoms with Crippen LogP contribution >= 0.6 is 12.4 Å². The Morgan fingerprint density at radius 1 is 1.12 bits per heavy atom. The number of benzene rings is 2. The molecule has 0 unspecified atom stereocenters. The molecule has 2 heterocycles. The van der Waals surface area contributed by atoms with Gasteiger partial charge in [0.15, 0.2) is 11.5 Å². The predicted molar refractivity (Wildman–Crippen MR) is 159 cm³/mol. The number of anilines is 2. The van der Waals surface area contributed by atoms with E-state index in [2.05, 4.69) is 21.8 Å². The Labute approximate surface area is 242 Å². The number of carboxylic acids is 1. The number of aromatic carboxylic acids is 1. The molecule has 1 saturated carbocycles. The van der Waals surface area contributed by atoms with Gasteiger partial charge in [-0.3, -0.25) is 4.79 Å². The Balaban J connectivity index is 0.00000387. The molecule has 0 saturated heterocycles. The van der Waals surface area contributed by atoms with Crippen molar-refractivity contribution in [2.24, 2.45) is 0 Å². The van der Waals surface area contributed by atoms with E-state index in [0.29, 0.717) is 44.7 Å². The Bertz CT molecular complexity index is 1750. The number of nitrogens with two attached hydrogens (primary N) is 2. The highest BCUT2D eigenvalue weighted by Crippen LogP contribution is 2.34. The Hall–Kier alpha value is -4.75. The van der Waals surface area contributed by atoms with Crippen LogP contribution < -0.4 is 26.4 Å². The topological polar surface area (TPSA) is 156 Å². The van der Waals surface area contributed by atoms with Gasteiger partial charge < -0.3 is 30.6 Å². The average Bonchev–Trinajstić information content (AvgIpc) is 3.47. The SMILES string of the molecule is COc1cccc(C#Cc2cc(Cc3cnc(N)nc3N)c3c(=O)c(C(=O)O)cn(C4CCCC4)c3c2)c1OC.Cl. The second-order valence-electron chi connectivity index (χ2n) is 9.66. The minimum absolute atomic E-state index is 0. The minimum Gasteiger partial charge on any atom is -0.493 e. The number of para-hydroxylation sites is 1. The number of hydrogen-bond donors (Lipinski definition) is 3. The number of methoxy groups -OCH3 is 2. The molecule has 0 bridgehead atoms. The first-order valence-electron chi connectivity index (χ1n) is 12.9. The number of aromatic nitrogens is 3. The van der Waals surface area contributed by atoms with E-state index in [1.165, 1.54) is 12.4 Å². The zero-order valence-corrected chi connectivity index (χ0v) is 23.5. The summed E-state index contributed by atoms with van der Waals surface area (Å²) in [4.78, 5) is 33.8. The van der Waals surface area contributed by atoms with E-state index in [1.54, 1.807) is 26.4 Å². The number of carboxylic acid groups (broad SMARTS) is 1. The zero-order chi connectivity index (χ0) is 28.4. The largest absolute Gasteiger partial charge is 0.493 e. The molecule has 0 radical (unpaired) electrons. The maximum absolute atomic E-state index is 13.6. The van der Waals surface area contributed by atoms with Crippen molar-refractivity contribution in [2.45, 2.75) is 38.1 Å². The third kappa shape index (κ3) is 5.76. The van der Waals surface area contributed by atoms with Crippen LogP contribution in [-0.4, -0.2) is 39.8 Å². The van der Waals surface area contributed by atoms with E-state index in [9.17, 15) is 14.7 Å². The molecule has 2 aromatic heterocycles. The van der Waals surface area contributed by atoms with E-state index in [-0.39, 0.29) is 42.2 Å². The lowest BCUT2D eigenvalue weighted by Gasteiger charge is -2.20. The van der Waals surface area contributed by atoms with Crippen LogP contribution in [0.1, 0.15) is 64.3 Å². The molecule has 1 fully saturated rings. The average molecular weight is 576 g/mol. The van der Waals surface area contributed by atoms with E-state index < -0.39 is 11.4 Å². The van der Waals surface area contributed by atoms with Crippen LogP contribution in [0.25, 0.3) is 10.9 Å². The van der Waals surface area contributed by atoms with Crippen LogP contribution in [0.4, 0.5) is 11.8 Å². The fraction of sp³-hybridized carbons (Fsp3) is 0.267. The van der Waals surface area contributed by atoms with Gasteiger partial charge in [0.05, 0.1) is 30.7 Å². The van der Waals surface area contributed by atoms with Gasteiger partial charge in [0, 0.05) is 36.0 Å². The predicted octanol–water partition coefficient (Wildman–Crippen LogP) is 4.20. The van der Waals surface area contributed by atoms with Gasteiger partial charge in [-0.15, -0.1) is 12.4 Å². The highest BCUT2D eigenvalue weighted by atomic mass is 35.5. The highest BCUT2D eigenvalue weighted by molar-refractivity contribution is 5.94. The van der Waals surface area contributed by atoms with Crippen molar-refractivity contribution in [3.05, 3.63) is 80.8 Å².